The zero-order valence-electron chi connectivity index (χ0n) is 18.1. The van der Waals surface area contributed by atoms with Gasteiger partial charge in [0.1, 0.15) is 5.75 Å². The Morgan fingerprint density at radius 2 is 1.74 bits per heavy atom. The van der Waals surface area contributed by atoms with Crippen LogP contribution in [-0.2, 0) is 6.42 Å². The van der Waals surface area contributed by atoms with Crippen LogP contribution in [0, 0.1) is 6.92 Å². The molecule has 0 aliphatic heterocycles. The molecule has 1 heterocycles. The molecular weight excluding hydrogens is 384 g/mol. The Kier molecular flexibility index (Phi) is 5.99. The Morgan fingerprint density at radius 1 is 0.968 bits per heavy atom. The van der Waals surface area contributed by atoms with Gasteiger partial charge in [-0.15, -0.1) is 0 Å². The maximum Gasteiger partial charge on any atom is 0.256 e. The molecule has 0 saturated carbocycles. The fraction of sp³-hybridized carbons (Fsp3) is 0.185. The number of rotatable bonds is 6. The molecule has 31 heavy (non-hydrogen) atoms. The first-order chi connectivity index (χ1) is 15.1. The Labute approximate surface area is 182 Å². The maximum absolute atomic E-state index is 13.4. The highest BCUT2D eigenvalue weighted by molar-refractivity contribution is 6.13. The van der Waals surface area contributed by atoms with E-state index >= 15 is 0 Å². The Bertz CT molecular complexity index is 1230. The minimum atomic E-state index is -0.130. The molecule has 0 aliphatic rings. The summed E-state index contributed by atoms with van der Waals surface area (Å²) in [7, 11) is 0. The number of nitrogens with zero attached hydrogens (tertiary/aromatic N) is 1. The first-order valence-corrected chi connectivity index (χ1v) is 10.6. The lowest BCUT2D eigenvalue weighted by Crippen LogP contribution is -2.15. The van der Waals surface area contributed by atoms with Crippen molar-refractivity contribution in [1.29, 1.82) is 0 Å². The van der Waals surface area contributed by atoms with E-state index in [2.05, 4.69) is 18.3 Å². The topological polar surface area (TPSA) is 51.2 Å². The molecule has 4 aromatic rings. The lowest BCUT2D eigenvalue weighted by Gasteiger charge is -2.15. The predicted octanol–water partition coefficient (Wildman–Crippen LogP) is 6.42. The van der Waals surface area contributed by atoms with Gasteiger partial charge in [0.05, 0.1) is 23.4 Å². The molecule has 0 atom stereocenters. The molecule has 4 rings (SSSR count). The van der Waals surface area contributed by atoms with Gasteiger partial charge in [-0.2, -0.15) is 0 Å². The van der Waals surface area contributed by atoms with E-state index in [0.717, 1.165) is 51.1 Å². The normalized spacial score (nSPS) is 10.8. The van der Waals surface area contributed by atoms with Crippen LogP contribution < -0.4 is 10.1 Å². The number of pyridine rings is 1. The van der Waals surface area contributed by atoms with Crippen molar-refractivity contribution in [2.24, 2.45) is 0 Å². The molecule has 4 nitrogen and oxygen atoms in total. The zero-order chi connectivity index (χ0) is 21.8. The summed E-state index contributed by atoms with van der Waals surface area (Å²) < 4.78 is 5.54. The minimum absolute atomic E-state index is 0.130. The highest BCUT2D eigenvalue weighted by atomic mass is 16.5. The van der Waals surface area contributed by atoms with Crippen LogP contribution in [0.1, 0.15) is 35.3 Å². The summed E-state index contributed by atoms with van der Waals surface area (Å²) in [5.41, 5.74) is 6.16. The average Bonchev–Trinajstić information content (AvgIpc) is 2.80. The second-order valence-electron chi connectivity index (χ2n) is 7.45. The monoisotopic (exact) mass is 410 g/mol. The van der Waals surface area contributed by atoms with E-state index in [-0.39, 0.29) is 5.91 Å². The smallest absolute Gasteiger partial charge is 0.256 e. The van der Waals surface area contributed by atoms with E-state index in [0.29, 0.717) is 12.2 Å². The molecule has 0 saturated heterocycles. The lowest BCUT2D eigenvalue weighted by molar-refractivity contribution is 0.102. The summed E-state index contributed by atoms with van der Waals surface area (Å²) in [6.07, 6.45) is 0.853. The van der Waals surface area contributed by atoms with Crippen molar-refractivity contribution in [2.75, 3.05) is 11.9 Å². The van der Waals surface area contributed by atoms with Crippen LogP contribution in [0.3, 0.4) is 0 Å². The van der Waals surface area contributed by atoms with Gasteiger partial charge in [-0.05, 0) is 67.8 Å². The third-order valence-electron chi connectivity index (χ3n) is 5.40. The predicted molar refractivity (Wildman–Crippen MR) is 127 cm³/mol. The van der Waals surface area contributed by atoms with Crippen molar-refractivity contribution in [3.63, 3.8) is 0 Å². The van der Waals surface area contributed by atoms with Gasteiger partial charge in [0, 0.05) is 16.6 Å². The van der Waals surface area contributed by atoms with E-state index in [1.165, 1.54) is 0 Å². The summed E-state index contributed by atoms with van der Waals surface area (Å²) in [5, 5.41) is 3.99. The Balaban J connectivity index is 1.77. The number of hydrogen-bond acceptors (Lipinski definition) is 3. The largest absolute Gasteiger partial charge is 0.494 e. The summed E-state index contributed by atoms with van der Waals surface area (Å²) >= 11 is 0. The molecule has 1 N–H and O–H groups in total. The van der Waals surface area contributed by atoms with Crippen molar-refractivity contribution < 1.29 is 9.53 Å². The first kappa shape index (κ1) is 20.6. The van der Waals surface area contributed by atoms with Gasteiger partial charge in [-0.25, -0.2) is 4.98 Å². The van der Waals surface area contributed by atoms with Gasteiger partial charge in [-0.3, -0.25) is 4.79 Å². The van der Waals surface area contributed by atoms with Gasteiger partial charge < -0.3 is 10.1 Å². The van der Waals surface area contributed by atoms with Crippen molar-refractivity contribution in [3.8, 4) is 17.0 Å². The number of carbonyl (C=O) groups is 1. The fourth-order valence-corrected chi connectivity index (χ4v) is 3.78. The number of para-hydroxylation sites is 2. The number of nitrogens with one attached hydrogen (secondary N) is 1. The van der Waals surface area contributed by atoms with Gasteiger partial charge in [0.25, 0.3) is 5.91 Å². The van der Waals surface area contributed by atoms with E-state index in [1.807, 2.05) is 80.6 Å². The van der Waals surface area contributed by atoms with Crippen LogP contribution in [0.5, 0.6) is 5.75 Å². The number of ether oxygens (including phenoxy) is 1. The summed E-state index contributed by atoms with van der Waals surface area (Å²) in [6, 6.07) is 23.5. The molecule has 0 radical (unpaired) electrons. The van der Waals surface area contributed by atoms with Crippen LogP contribution >= 0.6 is 0 Å². The number of benzene rings is 3. The van der Waals surface area contributed by atoms with Gasteiger partial charge in [-0.1, -0.05) is 43.3 Å². The number of anilines is 1. The third-order valence-corrected chi connectivity index (χ3v) is 5.40. The minimum Gasteiger partial charge on any atom is -0.494 e. The number of fused-ring (bicyclic) bond motifs is 1. The SMILES string of the molecule is CCOc1ccc(-c2cc(C(=O)Nc3c(C)cccc3CC)c3ccccc3n2)cc1. The molecule has 156 valence electrons. The third kappa shape index (κ3) is 4.29. The molecular formula is C27H26N2O2. The van der Waals surface area contributed by atoms with Gasteiger partial charge in [0.15, 0.2) is 0 Å². The molecule has 0 fully saturated rings. The highest BCUT2D eigenvalue weighted by Crippen LogP contribution is 2.28. The van der Waals surface area contributed by atoms with Crippen LogP contribution in [0.15, 0.2) is 72.8 Å². The van der Waals surface area contributed by atoms with E-state index < -0.39 is 0 Å². The zero-order valence-corrected chi connectivity index (χ0v) is 18.1. The molecule has 0 bridgehead atoms. The lowest BCUT2D eigenvalue weighted by atomic mass is 10.0. The highest BCUT2D eigenvalue weighted by Gasteiger charge is 2.16. The molecule has 1 amide bonds. The summed E-state index contributed by atoms with van der Waals surface area (Å²) in [5.74, 6) is 0.687. The Morgan fingerprint density at radius 3 is 2.48 bits per heavy atom. The second-order valence-corrected chi connectivity index (χ2v) is 7.45. The summed E-state index contributed by atoms with van der Waals surface area (Å²) in [4.78, 5) is 18.2. The molecule has 0 unspecified atom stereocenters. The van der Waals surface area contributed by atoms with Crippen molar-refractivity contribution in [1.82, 2.24) is 4.98 Å². The van der Waals surface area contributed by atoms with E-state index in [9.17, 15) is 4.79 Å². The average molecular weight is 411 g/mol. The number of carbonyl (C=O) groups excluding carboxylic acids is 1. The first-order valence-electron chi connectivity index (χ1n) is 10.6. The quantitative estimate of drug-likeness (QED) is 0.399. The second kappa shape index (κ2) is 9.00. The fourth-order valence-electron chi connectivity index (χ4n) is 3.78. The number of hydrogen-bond donors (Lipinski definition) is 1. The standard InChI is InChI=1S/C27H26N2O2/c1-4-19-10-8-9-18(3)26(19)29-27(30)23-17-25(28-24-12-7-6-11-22(23)24)20-13-15-21(16-14-20)31-5-2/h6-17H,4-5H2,1-3H3,(H,29,30). The van der Waals surface area contributed by atoms with Crippen molar-refractivity contribution in [3.05, 3.63) is 89.5 Å². The van der Waals surface area contributed by atoms with Crippen molar-refractivity contribution >= 4 is 22.5 Å². The Hall–Kier alpha value is -3.66. The number of amides is 1. The van der Waals surface area contributed by atoms with Crippen LogP contribution in [0.2, 0.25) is 0 Å². The molecule has 1 aromatic heterocycles. The molecule has 4 heteroatoms. The van der Waals surface area contributed by atoms with Crippen LogP contribution in [0.25, 0.3) is 22.2 Å². The van der Waals surface area contributed by atoms with E-state index in [1.54, 1.807) is 0 Å². The number of aryl methyl sites for hydroxylation is 2. The van der Waals surface area contributed by atoms with Gasteiger partial charge in [0.2, 0.25) is 0 Å². The van der Waals surface area contributed by atoms with Crippen LogP contribution in [0.4, 0.5) is 5.69 Å². The van der Waals surface area contributed by atoms with Crippen LogP contribution in [-0.4, -0.2) is 17.5 Å². The van der Waals surface area contributed by atoms with E-state index in [4.69, 9.17) is 9.72 Å². The summed E-state index contributed by atoms with van der Waals surface area (Å²) in [6.45, 7) is 6.69. The molecule has 0 spiro atoms. The number of aromatic nitrogens is 1. The maximum atomic E-state index is 13.4. The van der Waals surface area contributed by atoms with Crippen molar-refractivity contribution in [2.45, 2.75) is 27.2 Å². The van der Waals surface area contributed by atoms with Gasteiger partial charge >= 0.3 is 0 Å². The molecule has 0 aliphatic carbocycles. The molecule has 3 aromatic carbocycles.